The smallest absolute Gasteiger partial charge is 0.386 e. The van der Waals surface area contributed by atoms with Crippen molar-refractivity contribution in [2.45, 2.75) is 56.0 Å². The normalized spacial score (nSPS) is 18.1. The lowest BCUT2D eigenvalue weighted by Gasteiger charge is -2.30. The van der Waals surface area contributed by atoms with Crippen LogP contribution in [0.2, 0.25) is 0 Å². The number of nitrogens with one attached hydrogen (secondary N) is 1. The van der Waals surface area contributed by atoms with Gasteiger partial charge >= 0.3 is 5.51 Å². The van der Waals surface area contributed by atoms with E-state index in [1.807, 2.05) is 0 Å². The molecule has 0 bridgehead atoms. The molecular formula is C22H31F3N2S. The molecule has 28 heavy (non-hydrogen) atoms. The number of alkyl halides is 3. The zero-order valence-electron chi connectivity index (χ0n) is 17.0. The van der Waals surface area contributed by atoms with E-state index >= 15 is 0 Å². The molecule has 6 heteroatoms. The van der Waals surface area contributed by atoms with Crippen LogP contribution in [0.25, 0.3) is 0 Å². The number of hydrogen-bond acceptors (Lipinski definition) is 3. The number of halogens is 3. The predicted octanol–water partition coefficient (Wildman–Crippen LogP) is 6.01. The first-order valence-electron chi connectivity index (χ1n) is 9.76. The maximum Gasteiger partial charge on any atom is 0.446 e. The second kappa shape index (κ2) is 10.4. The van der Waals surface area contributed by atoms with Gasteiger partial charge in [-0.2, -0.15) is 13.2 Å². The zero-order chi connectivity index (χ0) is 20.7. The Kier molecular flexibility index (Phi) is 8.50. The van der Waals surface area contributed by atoms with E-state index in [1.54, 1.807) is 24.3 Å². The van der Waals surface area contributed by atoms with Crippen molar-refractivity contribution in [3.8, 4) is 0 Å². The molecule has 1 N–H and O–H groups in total. The summed E-state index contributed by atoms with van der Waals surface area (Å²) in [6.45, 7) is 10.7. The molecule has 0 saturated carbocycles. The maximum absolute atomic E-state index is 12.4. The first kappa shape index (κ1) is 22.9. The van der Waals surface area contributed by atoms with Gasteiger partial charge in [0.15, 0.2) is 0 Å². The van der Waals surface area contributed by atoms with Gasteiger partial charge in [-0.05, 0) is 94.2 Å². The molecule has 2 rings (SSSR count). The molecule has 1 aliphatic rings. The average Bonchev–Trinajstić information content (AvgIpc) is 2.57. The van der Waals surface area contributed by atoms with Crippen molar-refractivity contribution in [3.05, 3.63) is 53.8 Å². The van der Waals surface area contributed by atoms with Crippen molar-refractivity contribution in [1.29, 1.82) is 0 Å². The van der Waals surface area contributed by atoms with Crippen molar-refractivity contribution in [1.82, 2.24) is 10.2 Å². The van der Waals surface area contributed by atoms with E-state index in [0.29, 0.717) is 12.0 Å². The van der Waals surface area contributed by atoms with E-state index in [1.165, 1.54) is 0 Å². The Morgan fingerprint density at radius 2 is 1.89 bits per heavy atom. The molecule has 1 aliphatic heterocycles. The molecule has 0 amide bonds. The fraction of sp³-hybridized carbons (Fsp3) is 0.545. The molecule has 1 atom stereocenters. The standard InChI is InChI=1S/C22H31F3N2S/c1-16(14-18(3)26-20-9-11-27(4)12-10-20)13-17(2)15-19-5-7-21(8-6-19)28-22(23,24)25/h5-8,14,17,20,26H,1,9-13,15H2,2-4H3/b18-14+. The van der Waals surface area contributed by atoms with Crippen LogP contribution in [-0.2, 0) is 6.42 Å². The number of hydrogen-bond donors (Lipinski definition) is 1. The highest BCUT2D eigenvalue weighted by atomic mass is 32.2. The third-order valence-electron chi connectivity index (χ3n) is 4.92. The summed E-state index contributed by atoms with van der Waals surface area (Å²) in [6.07, 6.45) is 6.13. The molecule has 1 unspecified atom stereocenters. The molecule has 1 fully saturated rings. The van der Waals surface area contributed by atoms with Gasteiger partial charge in [0.25, 0.3) is 0 Å². The molecule has 0 radical (unpaired) electrons. The summed E-state index contributed by atoms with van der Waals surface area (Å²) in [5, 5.41) is 3.60. The van der Waals surface area contributed by atoms with Gasteiger partial charge in [0.2, 0.25) is 0 Å². The quantitative estimate of drug-likeness (QED) is 0.416. The highest BCUT2D eigenvalue weighted by Gasteiger charge is 2.29. The molecule has 1 saturated heterocycles. The molecular weight excluding hydrogens is 381 g/mol. The van der Waals surface area contributed by atoms with Gasteiger partial charge in [-0.1, -0.05) is 31.2 Å². The minimum atomic E-state index is -4.24. The first-order valence-corrected chi connectivity index (χ1v) is 10.6. The van der Waals surface area contributed by atoms with Crippen LogP contribution in [0.3, 0.4) is 0 Å². The van der Waals surface area contributed by atoms with E-state index in [4.69, 9.17) is 0 Å². The Morgan fingerprint density at radius 3 is 2.46 bits per heavy atom. The summed E-state index contributed by atoms with van der Waals surface area (Å²) in [6, 6.07) is 7.20. The van der Waals surface area contributed by atoms with Gasteiger partial charge in [0, 0.05) is 16.6 Å². The van der Waals surface area contributed by atoms with Gasteiger partial charge in [-0.25, -0.2) is 0 Å². The number of thioether (sulfide) groups is 1. The van der Waals surface area contributed by atoms with E-state index in [-0.39, 0.29) is 16.7 Å². The van der Waals surface area contributed by atoms with Crippen molar-refractivity contribution in [3.63, 3.8) is 0 Å². The zero-order valence-corrected chi connectivity index (χ0v) is 17.8. The summed E-state index contributed by atoms with van der Waals surface area (Å²) < 4.78 is 37.2. The SMILES string of the molecule is C=C(/C=C(\C)NC1CCN(C)CC1)CC(C)Cc1ccc(SC(F)(F)F)cc1. The number of allylic oxidation sites excluding steroid dienone is 3. The number of benzene rings is 1. The Balaban J connectivity index is 1.78. The Bertz CT molecular complexity index is 659. The summed E-state index contributed by atoms with van der Waals surface area (Å²) in [5.74, 6) is 0.376. The van der Waals surface area contributed by atoms with Crippen LogP contribution in [0.4, 0.5) is 13.2 Å². The third kappa shape index (κ3) is 8.74. The minimum Gasteiger partial charge on any atom is -0.386 e. The van der Waals surface area contributed by atoms with Gasteiger partial charge < -0.3 is 10.2 Å². The molecule has 1 heterocycles. The van der Waals surface area contributed by atoms with Crippen molar-refractivity contribution < 1.29 is 13.2 Å². The summed E-state index contributed by atoms with van der Waals surface area (Å²) in [5.41, 5.74) is -0.954. The van der Waals surface area contributed by atoms with Crippen LogP contribution in [0.5, 0.6) is 0 Å². The Morgan fingerprint density at radius 1 is 1.29 bits per heavy atom. The number of piperidine rings is 1. The van der Waals surface area contributed by atoms with E-state index in [2.05, 4.69) is 43.8 Å². The number of nitrogens with zero attached hydrogens (tertiary/aromatic N) is 1. The third-order valence-corrected chi connectivity index (χ3v) is 5.66. The second-order valence-corrected chi connectivity index (χ2v) is 9.05. The average molecular weight is 413 g/mol. The predicted molar refractivity (Wildman–Crippen MR) is 112 cm³/mol. The second-order valence-electron chi connectivity index (χ2n) is 7.91. The van der Waals surface area contributed by atoms with Crippen LogP contribution >= 0.6 is 11.8 Å². The van der Waals surface area contributed by atoms with Crippen LogP contribution < -0.4 is 5.32 Å². The topological polar surface area (TPSA) is 15.3 Å². The molecule has 1 aromatic rings. The molecule has 2 nitrogen and oxygen atoms in total. The molecule has 0 spiro atoms. The lowest BCUT2D eigenvalue weighted by molar-refractivity contribution is -0.0328. The Hall–Kier alpha value is -1.40. The van der Waals surface area contributed by atoms with Crippen molar-refractivity contribution >= 4 is 11.8 Å². The minimum absolute atomic E-state index is 0.0714. The first-order chi connectivity index (χ1) is 13.1. The van der Waals surface area contributed by atoms with E-state index in [9.17, 15) is 13.2 Å². The maximum atomic E-state index is 12.4. The van der Waals surface area contributed by atoms with Crippen molar-refractivity contribution in [2.24, 2.45) is 5.92 Å². The largest absolute Gasteiger partial charge is 0.446 e. The summed E-state index contributed by atoms with van der Waals surface area (Å²) in [4.78, 5) is 2.58. The molecule has 1 aromatic carbocycles. The lowest BCUT2D eigenvalue weighted by atomic mass is 9.94. The fourth-order valence-corrected chi connectivity index (χ4v) is 4.17. The van der Waals surface area contributed by atoms with Crippen LogP contribution in [-0.4, -0.2) is 36.6 Å². The van der Waals surface area contributed by atoms with Gasteiger partial charge in [-0.3, -0.25) is 0 Å². The molecule has 0 aliphatic carbocycles. The molecule has 0 aromatic heterocycles. The summed E-state index contributed by atoms with van der Waals surface area (Å²) >= 11 is -0.0714. The Labute approximate surface area is 171 Å². The van der Waals surface area contributed by atoms with Gasteiger partial charge in [0.1, 0.15) is 0 Å². The monoisotopic (exact) mass is 412 g/mol. The lowest BCUT2D eigenvalue weighted by Crippen LogP contribution is -2.40. The van der Waals surface area contributed by atoms with E-state index in [0.717, 1.165) is 55.6 Å². The fourth-order valence-electron chi connectivity index (χ4n) is 3.63. The van der Waals surface area contributed by atoms with Crippen LogP contribution in [0.15, 0.2) is 53.1 Å². The summed E-state index contributed by atoms with van der Waals surface area (Å²) in [7, 11) is 2.16. The highest BCUT2D eigenvalue weighted by Crippen LogP contribution is 2.36. The van der Waals surface area contributed by atoms with Crippen LogP contribution in [0.1, 0.15) is 38.7 Å². The number of rotatable bonds is 8. The molecule has 156 valence electrons. The van der Waals surface area contributed by atoms with E-state index < -0.39 is 5.51 Å². The van der Waals surface area contributed by atoms with Crippen LogP contribution in [0, 0.1) is 5.92 Å². The number of likely N-dealkylation sites (tertiary alicyclic amines) is 1. The van der Waals surface area contributed by atoms with Gasteiger partial charge in [0.05, 0.1) is 0 Å². The van der Waals surface area contributed by atoms with Crippen molar-refractivity contribution in [2.75, 3.05) is 20.1 Å². The highest BCUT2D eigenvalue weighted by molar-refractivity contribution is 8.00. The van der Waals surface area contributed by atoms with Gasteiger partial charge in [-0.15, -0.1) is 0 Å².